The molecule has 3 rings (SSSR count). The zero-order valence-corrected chi connectivity index (χ0v) is 13.1. The molecule has 0 aliphatic rings. The summed E-state index contributed by atoms with van der Waals surface area (Å²) in [6.07, 6.45) is 3.70. The lowest BCUT2D eigenvalue weighted by Crippen LogP contribution is -1.82. The van der Waals surface area contributed by atoms with Crippen LogP contribution in [0.4, 0.5) is 0 Å². The Kier molecular flexibility index (Phi) is 4.39. The highest BCUT2D eigenvalue weighted by Gasteiger charge is 2.09. The Hall–Kier alpha value is -1.31. The van der Waals surface area contributed by atoms with Gasteiger partial charge in [0, 0.05) is 11.3 Å². The summed E-state index contributed by atoms with van der Waals surface area (Å²) in [5.41, 5.74) is 1.90. The van der Waals surface area contributed by atoms with Crippen LogP contribution in [0.5, 0.6) is 0 Å². The van der Waals surface area contributed by atoms with Gasteiger partial charge in [0.25, 0.3) is 0 Å². The third-order valence-corrected chi connectivity index (χ3v) is 5.54. The lowest BCUT2D eigenvalue weighted by Gasteiger charge is -1.93. The topological polar surface area (TPSA) is 51.8 Å². The molecule has 0 spiro atoms. The highest BCUT2D eigenvalue weighted by molar-refractivity contribution is 8.02. The van der Waals surface area contributed by atoms with Crippen molar-refractivity contribution >= 4 is 34.9 Å². The lowest BCUT2D eigenvalue weighted by molar-refractivity contribution is 0.573. The molecule has 0 radical (unpaired) electrons. The molecule has 2 aromatic heterocycles. The van der Waals surface area contributed by atoms with Gasteiger partial charge >= 0.3 is 0 Å². The quantitative estimate of drug-likeness (QED) is 0.656. The first-order valence-electron chi connectivity index (χ1n) is 5.85. The van der Waals surface area contributed by atoms with E-state index in [1.807, 2.05) is 36.6 Å². The van der Waals surface area contributed by atoms with Crippen molar-refractivity contribution in [3.8, 4) is 11.5 Å². The van der Waals surface area contributed by atoms with E-state index in [4.69, 9.17) is 4.42 Å². The molecule has 0 unspecified atom stereocenters. The monoisotopic (exact) mass is 321 g/mol. The fourth-order valence-corrected chi connectivity index (χ4v) is 3.88. The van der Waals surface area contributed by atoms with E-state index in [0.29, 0.717) is 5.89 Å². The molecule has 0 bridgehead atoms. The van der Waals surface area contributed by atoms with E-state index in [0.717, 1.165) is 25.7 Å². The van der Waals surface area contributed by atoms with Gasteiger partial charge in [0.1, 0.15) is 6.26 Å². The minimum Gasteiger partial charge on any atom is -0.444 e. The van der Waals surface area contributed by atoms with Gasteiger partial charge in [0.2, 0.25) is 5.89 Å². The first kappa shape index (κ1) is 13.7. The molecule has 0 amide bonds. The molecule has 0 saturated heterocycles. The Labute approximate surface area is 129 Å². The summed E-state index contributed by atoms with van der Waals surface area (Å²) in [4.78, 5) is 4.49. The maximum Gasteiger partial charge on any atom is 0.226 e. The summed E-state index contributed by atoms with van der Waals surface area (Å²) in [5, 5.41) is 8.19. The highest BCUT2D eigenvalue weighted by Crippen LogP contribution is 2.30. The fourth-order valence-electron chi connectivity index (χ4n) is 1.56. The van der Waals surface area contributed by atoms with Crippen LogP contribution in [-0.2, 0) is 5.75 Å². The van der Waals surface area contributed by atoms with Crippen molar-refractivity contribution in [2.75, 3.05) is 6.26 Å². The number of aromatic nitrogens is 3. The molecule has 1 aromatic carbocycles. The number of rotatable bonds is 5. The van der Waals surface area contributed by atoms with Crippen LogP contribution in [0.15, 0.2) is 49.7 Å². The lowest BCUT2D eigenvalue weighted by atomic mass is 10.2. The van der Waals surface area contributed by atoms with Crippen LogP contribution in [0.25, 0.3) is 11.5 Å². The third-order valence-electron chi connectivity index (χ3n) is 2.48. The van der Waals surface area contributed by atoms with Gasteiger partial charge < -0.3 is 4.42 Å². The van der Waals surface area contributed by atoms with Gasteiger partial charge in [-0.05, 0) is 18.4 Å². The Bertz CT molecular complexity index is 681. The van der Waals surface area contributed by atoms with E-state index in [1.165, 1.54) is 0 Å². The standard InChI is InChI=1S/C13H11N3OS3/c1-18-12-15-16-13(20-12)19-8-10-7-17-11(14-10)9-5-3-2-4-6-9/h2-7H,8H2,1H3. The zero-order chi connectivity index (χ0) is 13.8. The van der Waals surface area contributed by atoms with Crippen LogP contribution in [0.3, 0.4) is 0 Å². The number of oxazole rings is 1. The number of thioether (sulfide) groups is 2. The van der Waals surface area contributed by atoms with Gasteiger partial charge in [-0.15, -0.1) is 10.2 Å². The van der Waals surface area contributed by atoms with E-state index in [2.05, 4.69) is 15.2 Å². The van der Waals surface area contributed by atoms with Crippen molar-refractivity contribution in [3.05, 3.63) is 42.3 Å². The molecule has 4 nitrogen and oxygen atoms in total. The molecule has 102 valence electrons. The zero-order valence-electron chi connectivity index (χ0n) is 10.6. The number of nitrogens with zero attached hydrogens (tertiary/aromatic N) is 3. The third kappa shape index (κ3) is 3.23. The molecule has 0 atom stereocenters. The first-order valence-corrected chi connectivity index (χ1v) is 8.88. The number of hydrogen-bond acceptors (Lipinski definition) is 7. The van der Waals surface area contributed by atoms with Crippen molar-refractivity contribution in [1.29, 1.82) is 0 Å². The molecule has 0 aliphatic carbocycles. The van der Waals surface area contributed by atoms with Crippen LogP contribution in [0, 0.1) is 0 Å². The van der Waals surface area contributed by atoms with E-state index in [-0.39, 0.29) is 0 Å². The highest BCUT2D eigenvalue weighted by atomic mass is 32.2. The van der Waals surface area contributed by atoms with Crippen molar-refractivity contribution in [1.82, 2.24) is 15.2 Å². The van der Waals surface area contributed by atoms with Crippen LogP contribution in [-0.4, -0.2) is 21.4 Å². The van der Waals surface area contributed by atoms with Crippen molar-refractivity contribution < 1.29 is 4.42 Å². The second-order valence-corrected chi connectivity index (χ2v) is 7.09. The summed E-state index contributed by atoms with van der Waals surface area (Å²) in [5.74, 6) is 1.39. The van der Waals surface area contributed by atoms with Gasteiger partial charge in [-0.3, -0.25) is 0 Å². The summed E-state index contributed by atoms with van der Waals surface area (Å²) in [6.45, 7) is 0. The number of benzene rings is 1. The maximum atomic E-state index is 5.50. The molecular formula is C13H11N3OS3. The van der Waals surface area contributed by atoms with E-state index < -0.39 is 0 Å². The molecule has 3 aromatic rings. The van der Waals surface area contributed by atoms with E-state index >= 15 is 0 Å². The molecular weight excluding hydrogens is 310 g/mol. The van der Waals surface area contributed by atoms with Crippen molar-refractivity contribution in [3.63, 3.8) is 0 Å². The van der Waals surface area contributed by atoms with Gasteiger partial charge in [-0.25, -0.2) is 4.98 Å². The summed E-state index contributed by atoms with van der Waals surface area (Å²) in [7, 11) is 0. The predicted octanol–water partition coefficient (Wildman–Crippen LogP) is 4.21. The molecule has 0 fully saturated rings. The predicted molar refractivity (Wildman–Crippen MR) is 83.2 cm³/mol. The molecule has 2 heterocycles. The normalized spacial score (nSPS) is 10.8. The summed E-state index contributed by atoms with van der Waals surface area (Å²) in [6, 6.07) is 9.89. The molecule has 0 aliphatic heterocycles. The number of hydrogen-bond donors (Lipinski definition) is 0. The molecule has 0 N–H and O–H groups in total. The van der Waals surface area contributed by atoms with Crippen LogP contribution >= 0.6 is 34.9 Å². The fraction of sp³-hybridized carbons (Fsp3) is 0.154. The maximum absolute atomic E-state index is 5.50. The second kappa shape index (κ2) is 6.43. The minimum absolute atomic E-state index is 0.656. The molecule has 7 heteroatoms. The SMILES string of the molecule is CSc1nnc(SCc2coc(-c3ccccc3)n2)s1. The summed E-state index contributed by atoms with van der Waals surface area (Å²) >= 11 is 4.84. The largest absolute Gasteiger partial charge is 0.444 e. The van der Waals surface area contributed by atoms with Gasteiger partial charge in [-0.2, -0.15) is 0 Å². The molecule has 0 saturated carbocycles. The Balaban J connectivity index is 1.65. The van der Waals surface area contributed by atoms with Crippen LogP contribution in [0.1, 0.15) is 5.69 Å². The van der Waals surface area contributed by atoms with Gasteiger partial charge in [-0.1, -0.05) is 53.1 Å². The smallest absolute Gasteiger partial charge is 0.226 e. The van der Waals surface area contributed by atoms with E-state index in [1.54, 1.807) is 41.1 Å². The van der Waals surface area contributed by atoms with Gasteiger partial charge in [0.15, 0.2) is 8.68 Å². The van der Waals surface area contributed by atoms with E-state index in [9.17, 15) is 0 Å². The van der Waals surface area contributed by atoms with Gasteiger partial charge in [0.05, 0.1) is 5.69 Å². The van der Waals surface area contributed by atoms with Crippen molar-refractivity contribution in [2.24, 2.45) is 0 Å². The Morgan fingerprint density at radius 1 is 1.15 bits per heavy atom. The van der Waals surface area contributed by atoms with Crippen LogP contribution < -0.4 is 0 Å². The van der Waals surface area contributed by atoms with Crippen molar-refractivity contribution in [2.45, 2.75) is 14.4 Å². The molecule has 20 heavy (non-hydrogen) atoms. The average molecular weight is 321 g/mol. The average Bonchev–Trinajstić information content (AvgIpc) is 3.15. The second-order valence-electron chi connectivity index (χ2n) is 3.84. The Morgan fingerprint density at radius 3 is 2.70 bits per heavy atom. The Morgan fingerprint density at radius 2 is 1.95 bits per heavy atom. The first-order chi connectivity index (χ1) is 9.85. The minimum atomic E-state index is 0.656. The summed E-state index contributed by atoms with van der Waals surface area (Å²) < 4.78 is 7.45. The van der Waals surface area contributed by atoms with Crippen LogP contribution in [0.2, 0.25) is 0 Å².